The van der Waals surface area contributed by atoms with Crippen molar-refractivity contribution in [2.75, 3.05) is 29.0 Å². The number of anilines is 3. The van der Waals surface area contributed by atoms with Gasteiger partial charge in [-0.1, -0.05) is 6.07 Å². The van der Waals surface area contributed by atoms with Gasteiger partial charge in [0.1, 0.15) is 0 Å². The lowest BCUT2D eigenvalue weighted by Gasteiger charge is -2.31. The lowest BCUT2D eigenvalue weighted by Crippen LogP contribution is -2.44. The van der Waals surface area contributed by atoms with Gasteiger partial charge in [-0.15, -0.1) is 0 Å². The highest BCUT2D eigenvalue weighted by atomic mass is 16.2. The third-order valence-corrected chi connectivity index (χ3v) is 6.24. The Morgan fingerprint density at radius 3 is 1.94 bits per heavy atom. The monoisotopic (exact) mass is 449 g/mol. The molecule has 174 valence electrons. The van der Waals surface area contributed by atoms with Crippen LogP contribution in [0, 0.1) is 19.8 Å². The zero-order chi connectivity index (χ0) is 23.4. The molecular weight excluding hydrogens is 418 g/mol. The van der Waals surface area contributed by atoms with Crippen LogP contribution in [-0.4, -0.2) is 42.0 Å². The van der Waals surface area contributed by atoms with Crippen molar-refractivity contribution in [1.82, 2.24) is 10.2 Å². The molecule has 5 amide bonds. The van der Waals surface area contributed by atoms with Gasteiger partial charge in [0.15, 0.2) is 0 Å². The first-order valence-electron chi connectivity index (χ1n) is 11.5. The van der Waals surface area contributed by atoms with Crippen molar-refractivity contribution in [3.63, 3.8) is 0 Å². The van der Waals surface area contributed by atoms with Crippen molar-refractivity contribution in [3.05, 3.63) is 53.6 Å². The Balaban J connectivity index is 1.22. The van der Waals surface area contributed by atoms with Crippen molar-refractivity contribution in [1.29, 1.82) is 0 Å². The van der Waals surface area contributed by atoms with Crippen LogP contribution < -0.4 is 21.3 Å². The van der Waals surface area contributed by atoms with Gasteiger partial charge in [-0.3, -0.25) is 4.79 Å². The normalized spacial score (nSPS) is 16.1. The van der Waals surface area contributed by atoms with E-state index in [9.17, 15) is 14.4 Å². The number of likely N-dealkylation sites (tertiary alicyclic amines) is 1. The van der Waals surface area contributed by atoms with Crippen LogP contribution in [0.25, 0.3) is 0 Å². The second-order valence-corrected chi connectivity index (χ2v) is 8.93. The lowest BCUT2D eigenvalue weighted by molar-refractivity contribution is -0.126. The standard InChI is InChI=1S/C25H31N5O3/c1-16-3-4-22(15-17(16)2)28-24(32)27-20-7-9-21(10-8-20)29-25(33)30-13-11-18(12-14-30)23(31)26-19-5-6-19/h3-4,7-10,15,18-19H,5-6,11-14H2,1-2H3,(H,26,31)(H,29,33)(H2,27,28,32). The number of carbonyl (C=O) groups excluding carboxylic acids is 3. The number of hydrogen-bond donors (Lipinski definition) is 4. The zero-order valence-corrected chi connectivity index (χ0v) is 19.1. The van der Waals surface area contributed by atoms with E-state index < -0.39 is 0 Å². The molecule has 0 bridgehead atoms. The van der Waals surface area contributed by atoms with Gasteiger partial charge in [-0.05, 0) is 87.1 Å². The fraction of sp³-hybridized carbons (Fsp3) is 0.400. The second kappa shape index (κ2) is 9.94. The molecule has 2 aliphatic rings. The molecule has 0 radical (unpaired) electrons. The van der Waals surface area contributed by atoms with Crippen LogP contribution in [0.3, 0.4) is 0 Å². The summed E-state index contributed by atoms with van der Waals surface area (Å²) in [4.78, 5) is 38.8. The third kappa shape index (κ3) is 6.25. The van der Waals surface area contributed by atoms with E-state index in [2.05, 4.69) is 21.3 Å². The van der Waals surface area contributed by atoms with E-state index in [-0.39, 0.29) is 23.9 Å². The molecule has 1 saturated carbocycles. The Hall–Kier alpha value is -3.55. The molecule has 2 aromatic carbocycles. The fourth-order valence-corrected chi connectivity index (χ4v) is 3.84. The van der Waals surface area contributed by atoms with E-state index in [4.69, 9.17) is 0 Å². The molecule has 0 aromatic heterocycles. The topological polar surface area (TPSA) is 103 Å². The highest BCUT2D eigenvalue weighted by molar-refractivity contribution is 6.00. The van der Waals surface area contributed by atoms with E-state index in [1.54, 1.807) is 29.2 Å². The molecule has 1 aliphatic heterocycles. The number of piperidine rings is 1. The minimum atomic E-state index is -0.330. The van der Waals surface area contributed by atoms with Gasteiger partial charge in [-0.2, -0.15) is 0 Å². The molecule has 1 saturated heterocycles. The second-order valence-electron chi connectivity index (χ2n) is 8.93. The van der Waals surface area contributed by atoms with Crippen molar-refractivity contribution < 1.29 is 14.4 Å². The number of urea groups is 2. The van der Waals surface area contributed by atoms with Gasteiger partial charge in [0.2, 0.25) is 5.91 Å². The number of amides is 5. The Kier molecular flexibility index (Phi) is 6.82. The van der Waals surface area contributed by atoms with Crippen molar-refractivity contribution in [2.45, 2.75) is 45.6 Å². The Morgan fingerprint density at radius 1 is 0.758 bits per heavy atom. The molecule has 0 unspecified atom stereocenters. The van der Waals surface area contributed by atoms with E-state index >= 15 is 0 Å². The average molecular weight is 450 g/mol. The Bertz CT molecular complexity index is 1020. The summed E-state index contributed by atoms with van der Waals surface area (Å²) in [5.41, 5.74) is 4.28. The number of nitrogens with zero attached hydrogens (tertiary/aromatic N) is 1. The molecule has 2 aromatic rings. The number of hydrogen-bond acceptors (Lipinski definition) is 3. The molecular formula is C25H31N5O3. The van der Waals surface area contributed by atoms with Gasteiger partial charge in [0.05, 0.1) is 0 Å². The Morgan fingerprint density at radius 2 is 1.33 bits per heavy atom. The summed E-state index contributed by atoms with van der Waals surface area (Å²) >= 11 is 0. The quantitative estimate of drug-likeness (QED) is 0.542. The van der Waals surface area contributed by atoms with Crippen LogP contribution in [0.4, 0.5) is 26.7 Å². The Labute approximate surface area is 194 Å². The van der Waals surface area contributed by atoms with E-state index in [0.717, 1.165) is 24.1 Å². The predicted octanol–water partition coefficient (Wildman–Crippen LogP) is 4.47. The highest BCUT2D eigenvalue weighted by Crippen LogP contribution is 2.23. The first-order valence-corrected chi connectivity index (χ1v) is 11.5. The zero-order valence-electron chi connectivity index (χ0n) is 19.1. The average Bonchev–Trinajstić information content (AvgIpc) is 3.61. The van der Waals surface area contributed by atoms with Crippen LogP contribution in [0.5, 0.6) is 0 Å². The summed E-state index contributed by atoms with van der Waals surface area (Å²) in [5, 5.41) is 11.5. The van der Waals surface area contributed by atoms with Crippen LogP contribution in [0.15, 0.2) is 42.5 Å². The summed E-state index contributed by atoms with van der Waals surface area (Å²) in [7, 11) is 0. The predicted molar refractivity (Wildman–Crippen MR) is 129 cm³/mol. The highest BCUT2D eigenvalue weighted by Gasteiger charge is 2.31. The molecule has 1 heterocycles. The number of carbonyl (C=O) groups is 3. The van der Waals surface area contributed by atoms with Gasteiger partial charge >= 0.3 is 12.1 Å². The summed E-state index contributed by atoms with van der Waals surface area (Å²) < 4.78 is 0. The summed E-state index contributed by atoms with van der Waals surface area (Å²) in [6, 6.07) is 12.6. The smallest absolute Gasteiger partial charge is 0.323 e. The number of rotatable bonds is 5. The summed E-state index contributed by atoms with van der Waals surface area (Å²) in [5.74, 6) is 0.122. The molecule has 4 N–H and O–H groups in total. The molecule has 8 heteroatoms. The van der Waals surface area contributed by atoms with Gasteiger partial charge in [0, 0.05) is 42.1 Å². The molecule has 33 heavy (non-hydrogen) atoms. The number of benzene rings is 2. The van der Waals surface area contributed by atoms with Crippen molar-refractivity contribution in [3.8, 4) is 0 Å². The minimum Gasteiger partial charge on any atom is -0.353 e. The first-order chi connectivity index (χ1) is 15.9. The number of nitrogens with one attached hydrogen (secondary N) is 4. The maximum atomic E-state index is 12.6. The van der Waals surface area contributed by atoms with Gasteiger partial charge in [0.25, 0.3) is 0 Å². The molecule has 4 rings (SSSR count). The molecule has 0 spiro atoms. The maximum absolute atomic E-state index is 12.6. The molecule has 8 nitrogen and oxygen atoms in total. The van der Waals surface area contributed by atoms with E-state index in [1.807, 2.05) is 32.0 Å². The van der Waals surface area contributed by atoms with Crippen molar-refractivity contribution in [2.24, 2.45) is 5.92 Å². The van der Waals surface area contributed by atoms with Crippen LogP contribution in [0.2, 0.25) is 0 Å². The van der Waals surface area contributed by atoms with Gasteiger partial charge in [-0.25, -0.2) is 9.59 Å². The van der Waals surface area contributed by atoms with Crippen LogP contribution in [0.1, 0.15) is 36.8 Å². The summed E-state index contributed by atoms with van der Waals surface area (Å²) in [6.45, 7) is 5.15. The third-order valence-electron chi connectivity index (χ3n) is 6.24. The summed E-state index contributed by atoms with van der Waals surface area (Å²) in [6.07, 6.45) is 3.53. The molecule has 2 fully saturated rings. The minimum absolute atomic E-state index is 0.00465. The fourth-order valence-electron chi connectivity index (χ4n) is 3.84. The van der Waals surface area contributed by atoms with Gasteiger partial charge < -0.3 is 26.2 Å². The molecule has 1 aliphatic carbocycles. The first kappa shape index (κ1) is 22.6. The van der Waals surface area contributed by atoms with Crippen LogP contribution >= 0.6 is 0 Å². The van der Waals surface area contributed by atoms with E-state index in [1.165, 1.54) is 5.56 Å². The lowest BCUT2D eigenvalue weighted by atomic mass is 9.96. The number of aryl methyl sites for hydroxylation is 2. The SMILES string of the molecule is Cc1ccc(NC(=O)Nc2ccc(NC(=O)N3CCC(C(=O)NC4CC4)CC3)cc2)cc1C. The van der Waals surface area contributed by atoms with Crippen LogP contribution in [-0.2, 0) is 4.79 Å². The van der Waals surface area contributed by atoms with E-state index in [0.29, 0.717) is 43.3 Å². The maximum Gasteiger partial charge on any atom is 0.323 e. The largest absolute Gasteiger partial charge is 0.353 e. The van der Waals surface area contributed by atoms with Crippen molar-refractivity contribution >= 4 is 35.0 Å². The molecule has 0 atom stereocenters.